The predicted molar refractivity (Wildman–Crippen MR) is 112 cm³/mol. The molecule has 138 valence electrons. The Morgan fingerprint density at radius 3 is 2.50 bits per heavy atom. The van der Waals surface area contributed by atoms with E-state index in [0.717, 1.165) is 43.9 Å². The standard InChI is InChI=1S/C21H22BrNO2.ClH/c1-24-17-8-2-14-5-9-20(22)21(19(14)12-17)15-3-6-16(7-4-15)25-18-10-11-23-13-18;/h2-4,6-8,12,18,23H,5,9-11,13H2,1H3;1H/t18-;/m0./s1. The highest BCUT2D eigenvalue weighted by Gasteiger charge is 2.20. The van der Waals surface area contributed by atoms with Crippen LogP contribution in [0.4, 0.5) is 0 Å². The summed E-state index contributed by atoms with van der Waals surface area (Å²) >= 11 is 3.80. The zero-order valence-corrected chi connectivity index (χ0v) is 17.2. The summed E-state index contributed by atoms with van der Waals surface area (Å²) in [7, 11) is 1.72. The lowest BCUT2D eigenvalue weighted by molar-refractivity contribution is 0.223. The molecule has 0 bridgehead atoms. The summed E-state index contributed by atoms with van der Waals surface area (Å²) in [6.45, 7) is 1.98. The molecule has 26 heavy (non-hydrogen) atoms. The molecular weight excluding hydrogens is 414 g/mol. The molecule has 5 heteroatoms. The highest BCUT2D eigenvalue weighted by atomic mass is 79.9. The molecule has 1 atom stereocenters. The second kappa shape index (κ2) is 8.47. The minimum absolute atomic E-state index is 0. The van der Waals surface area contributed by atoms with Gasteiger partial charge in [0.05, 0.1) is 7.11 Å². The number of hydrogen-bond acceptors (Lipinski definition) is 3. The molecule has 0 saturated carbocycles. The monoisotopic (exact) mass is 435 g/mol. The Bertz CT molecular complexity index is 798. The number of benzene rings is 2. The molecule has 1 heterocycles. The smallest absolute Gasteiger partial charge is 0.119 e. The summed E-state index contributed by atoms with van der Waals surface area (Å²) in [5.41, 5.74) is 5.09. The van der Waals surface area contributed by atoms with Crippen molar-refractivity contribution >= 4 is 33.9 Å². The van der Waals surface area contributed by atoms with Crippen LogP contribution in [0.1, 0.15) is 29.5 Å². The van der Waals surface area contributed by atoms with Gasteiger partial charge >= 0.3 is 0 Å². The maximum absolute atomic E-state index is 6.04. The van der Waals surface area contributed by atoms with Crippen LogP contribution in [-0.2, 0) is 6.42 Å². The fourth-order valence-corrected chi connectivity index (χ4v) is 4.22. The Labute approximate surface area is 169 Å². The molecular formula is C21H23BrClNO2. The normalized spacial score (nSPS) is 18.9. The molecule has 1 N–H and O–H groups in total. The predicted octanol–water partition coefficient (Wildman–Crippen LogP) is 4.96. The van der Waals surface area contributed by atoms with Crippen molar-refractivity contribution in [2.24, 2.45) is 0 Å². The van der Waals surface area contributed by atoms with Crippen molar-refractivity contribution in [3.05, 3.63) is 63.6 Å². The average molecular weight is 437 g/mol. The van der Waals surface area contributed by atoms with E-state index in [2.05, 4.69) is 57.6 Å². The minimum Gasteiger partial charge on any atom is -0.497 e. The molecule has 0 aromatic heterocycles. The maximum Gasteiger partial charge on any atom is 0.119 e. The molecule has 1 saturated heterocycles. The van der Waals surface area contributed by atoms with Crippen LogP contribution in [0, 0.1) is 0 Å². The topological polar surface area (TPSA) is 30.5 Å². The van der Waals surface area contributed by atoms with Crippen LogP contribution in [0.2, 0.25) is 0 Å². The van der Waals surface area contributed by atoms with Gasteiger partial charge in [0.2, 0.25) is 0 Å². The molecule has 0 radical (unpaired) electrons. The molecule has 1 fully saturated rings. The van der Waals surface area contributed by atoms with E-state index in [1.807, 2.05) is 6.07 Å². The number of halogens is 2. The zero-order valence-electron chi connectivity index (χ0n) is 14.8. The van der Waals surface area contributed by atoms with Gasteiger partial charge in [-0.25, -0.2) is 0 Å². The van der Waals surface area contributed by atoms with Crippen molar-refractivity contribution in [1.29, 1.82) is 0 Å². The quantitative estimate of drug-likeness (QED) is 0.735. The third-order valence-corrected chi connectivity index (χ3v) is 5.73. The van der Waals surface area contributed by atoms with Crippen molar-refractivity contribution in [2.45, 2.75) is 25.4 Å². The Hall–Kier alpha value is -1.49. The fourth-order valence-electron chi connectivity index (χ4n) is 3.58. The number of rotatable bonds is 4. The first-order chi connectivity index (χ1) is 12.2. The van der Waals surface area contributed by atoms with Gasteiger partial charge < -0.3 is 14.8 Å². The van der Waals surface area contributed by atoms with Crippen molar-refractivity contribution in [1.82, 2.24) is 5.32 Å². The lowest BCUT2D eigenvalue weighted by Gasteiger charge is -2.22. The van der Waals surface area contributed by atoms with Crippen LogP contribution < -0.4 is 14.8 Å². The molecule has 0 spiro atoms. The van der Waals surface area contributed by atoms with E-state index < -0.39 is 0 Å². The summed E-state index contributed by atoms with van der Waals surface area (Å²) in [5.74, 6) is 1.84. The molecule has 2 aromatic rings. The van der Waals surface area contributed by atoms with Crippen LogP contribution in [0.25, 0.3) is 5.57 Å². The van der Waals surface area contributed by atoms with E-state index in [-0.39, 0.29) is 18.5 Å². The van der Waals surface area contributed by atoms with E-state index in [1.165, 1.54) is 26.7 Å². The number of methoxy groups -OCH3 is 1. The summed E-state index contributed by atoms with van der Waals surface area (Å²) in [6, 6.07) is 14.8. The van der Waals surface area contributed by atoms with Gasteiger partial charge in [0.15, 0.2) is 0 Å². The molecule has 2 aromatic carbocycles. The average Bonchev–Trinajstić information content (AvgIpc) is 3.15. The first-order valence-corrected chi connectivity index (χ1v) is 9.57. The lowest BCUT2D eigenvalue weighted by Crippen LogP contribution is -2.19. The minimum atomic E-state index is 0. The third kappa shape index (κ3) is 3.93. The van der Waals surface area contributed by atoms with E-state index in [1.54, 1.807) is 7.11 Å². The summed E-state index contributed by atoms with van der Waals surface area (Å²) in [5, 5.41) is 3.33. The summed E-state index contributed by atoms with van der Waals surface area (Å²) in [6.07, 6.45) is 3.45. The second-order valence-electron chi connectivity index (χ2n) is 6.56. The molecule has 4 rings (SSSR count). The number of fused-ring (bicyclic) bond motifs is 1. The highest BCUT2D eigenvalue weighted by molar-refractivity contribution is 9.11. The van der Waals surface area contributed by atoms with E-state index in [4.69, 9.17) is 9.47 Å². The Morgan fingerprint density at radius 2 is 1.81 bits per heavy atom. The number of allylic oxidation sites excluding steroid dienone is 1. The van der Waals surface area contributed by atoms with Crippen molar-refractivity contribution in [2.75, 3.05) is 20.2 Å². The SMILES string of the molecule is COc1ccc2c(c1)C(c1ccc(O[C@H]3CCNC3)cc1)=C(Br)CC2.Cl. The highest BCUT2D eigenvalue weighted by Crippen LogP contribution is 2.40. The molecule has 2 aliphatic rings. The fraction of sp³-hybridized carbons (Fsp3) is 0.333. The van der Waals surface area contributed by atoms with Crippen LogP contribution in [0.15, 0.2) is 46.9 Å². The number of ether oxygens (including phenoxy) is 2. The van der Waals surface area contributed by atoms with Crippen LogP contribution in [0.5, 0.6) is 11.5 Å². The largest absolute Gasteiger partial charge is 0.497 e. The molecule has 1 aliphatic heterocycles. The molecule has 0 amide bonds. The maximum atomic E-state index is 6.04. The van der Waals surface area contributed by atoms with Gasteiger partial charge in [0, 0.05) is 11.0 Å². The van der Waals surface area contributed by atoms with Gasteiger partial charge in [-0.1, -0.05) is 34.1 Å². The summed E-state index contributed by atoms with van der Waals surface area (Å²) < 4.78 is 12.7. The van der Waals surface area contributed by atoms with E-state index in [9.17, 15) is 0 Å². The van der Waals surface area contributed by atoms with Gasteiger partial charge in [-0.3, -0.25) is 0 Å². The van der Waals surface area contributed by atoms with Crippen molar-refractivity contribution in [3.8, 4) is 11.5 Å². The third-order valence-electron chi connectivity index (χ3n) is 4.93. The first-order valence-electron chi connectivity index (χ1n) is 8.78. The molecule has 1 aliphatic carbocycles. The first kappa shape index (κ1) is 19.3. The molecule has 0 unspecified atom stereocenters. The number of nitrogens with one attached hydrogen (secondary N) is 1. The van der Waals surface area contributed by atoms with Gasteiger partial charge in [-0.05, 0) is 72.3 Å². The van der Waals surface area contributed by atoms with Crippen LogP contribution in [-0.4, -0.2) is 26.3 Å². The van der Waals surface area contributed by atoms with E-state index >= 15 is 0 Å². The Balaban J connectivity index is 0.00000196. The van der Waals surface area contributed by atoms with Crippen molar-refractivity contribution in [3.63, 3.8) is 0 Å². The Morgan fingerprint density at radius 1 is 1.04 bits per heavy atom. The van der Waals surface area contributed by atoms with Gasteiger partial charge in [0.25, 0.3) is 0 Å². The summed E-state index contributed by atoms with van der Waals surface area (Å²) in [4.78, 5) is 0. The Kier molecular flexibility index (Phi) is 6.28. The second-order valence-corrected chi connectivity index (χ2v) is 7.52. The van der Waals surface area contributed by atoms with Crippen molar-refractivity contribution < 1.29 is 9.47 Å². The van der Waals surface area contributed by atoms with Crippen LogP contribution >= 0.6 is 28.3 Å². The van der Waals surface area contributed by atoms with Gasteiger partial charge in [0.1, 0.15) is 17.6 Å². The number of aryl methyl sites for hydroxylation is 1. The van der Waals surface area contributed by atoms with Crippen LogP contribution in [0.3, 0.4) is 0 Å². The van der Waals surface area contributed by atoms with E-state index in [0.29, 0.717) is 0 Å². The number of hydrogen-bond donors (Lipinski definition) is 1. The van der Waals surface area contributed by atoms with Gasteiger partial charge in [-0.15, -0.1) is 12.4 Å². The zero-order chi connectivity index (χ0) is 17.2. The molecule has 3 nitrogen and oxygen atoms in total. The lowest BCUT2D eigenvalue weighted by atomic mass is 9.87. The van der Waals surface area contributed by atoms with Gasteiger partial charge in [-0.2, -0.15) is 0 Å².